The van der Waals surface area contributed by atoms with Crippen molar-refractivity contribution in [3.05, 3.63) is 0 Å². The second-order valence-corrected chi connectivity index (χ2v) is 9.26. The highest BCUT2D eigenvalue weighted by atomic mass is 16.5. The van der Waals surface area contributed by atoms with Gasteiger partial charge in [0.05, 0.1) is 19.3 Å². The number of likely N-dealkylation sites (N-methyl/N-ethyl adjacent to an activating group) is 1. The SMILES string of the molecule is CCCCCCC(C)(O)CCN1C(=O)N(C)C(=O)C1CCCCCCCNCC(=O)OC. The molecule has 0 aromatic carbocycles. The summed E-state index contributed by atoms with van der Waals surface area (Å²) in [6.45, 7) is 5.42. The molecule has 0 aromatic rings. The van der Waals surface area contributed by atoms with E-state index >= 15 is 0 Å². The number of carbonyl (C=O) groups is 3. The van der Waals surface area contributed by atoms with Crippen molar-refractivity contribution in [2.45, 2.75) is 103 Å². The summed E-state index contributed by atoms with van der Waals surface area (Å²) in [5.41, 5.74) is -0.815. The number of nitrogens with zero attached hydrogens (tertiary/aromatic N) is 2. The summed E-state index contributed by atoms with van der Waals surface area (Å²) in [7, 11) is 2.92. The van der Waals surface area contributed by atoms with Gasteiger partial charge in [0, 0.05) is 13.6 Å². The van der Waals surface area contributed by atoms with E-state index in [1.54, 1.807) is 11.9 Å². The van der Waals surface area contributed by atoms with E-state index in [0.29, 0.717) is 19.4 Å². The van der Waals surface area contributed by atoms with Gasteiger partial charge in [0.15, 0.2) is 0 Å². The van der Waals surface area contributed by atoms with Gasteiger partial charge in [-0.15, -0.1) is 0 Å². The summed E-state index contributed by atoms with van der Waals surface area (Å²) in [4.78, 5) is 39.0. The van der Waals surface area contributed by atoms with Crippen LogP contribution in [0.3, 0.4) is 0 Å². The number of hydrogen-bond acceptors (Lipinski definition) is 6. The van der Waals surface area contributed by atoms with Crippen molar-refractivity contribution >= 4 is 17.9 Å². The van der Waals surface area contributed by atoms with Crippen molar-refractivity contribution in [3.63, 3.8) is 0 Å². The predicted molar refractivity (Wildman–Crippen MR) is 125 cm³/mol. The molecule has 2 N–H and O–H groups in total. The molecule has 2 unspecified atom stereocenters. The molecule has 0 spiro atoms. The van der Waals surface area contributed by atoms with Crippen molar-refractivity contribution in [1.82, 2.24) is 15.1 Å². The lowest BCUT2D eigenvalue weighted by Crippen LogP contribution is -2.39. The van der Waals surface area contributed by atoms with Crippen molar-refractivity contribution in [2.75, 3.05) is 33.8 Å². The maximum Gasteiger partial charge on any atom is 0.327 e. The predicted octanol–water partition coefficient (Wildman–Crippen LogP) is 3.46. The van der Waals surface area contributed by atoms with E-state index in [1.165, 1.54) is 18.4 Å². The Balaban J connectivity index is 2.33. The Kier molecular flexibility index (Phi) is 13.5. The number of nitrogens with one attached hydrogen (secondary N) is 1. The highest BCUT2D eigenvalue weighted by Crippen LogP contribution is 2.25. The fourth-order valence-corrected chi connectivity index (χ4v) is 4.11. The zero-order chi connectivity index (χ0) is 24.0. The molecule has 0 aliphatic carbocycles. The lowest BCUT2D eigenvalue weighted by atomic mass is 9.94. The topological polar surface area (TPSA) is 99.2 Å². The Labute approximate surface area is 194 Å². The first-order valence-corrected chi connectivity index (χ1v) is 12.3. The van der Waals surface area contributed by atoms with Crippen LogP contribution < -0.4 is 5.32 Å². The highest BCUT2D eigenvalue weighted by Gasteiger charge is 2.42. The van der Waals surface area contributed by atoms with E-state index in [1.807, 2.05) is 6.92 Å². The molecule has 0 saturated carbocycles. The molecule has 186 valence electrons. The average Bonchev–Trinajstić information content (AvgIpc) is 2.97. The molecule has 0 aromatic heterocycles. The second-order valence-electron chi connectivity index (χ2n) is 9.26. The number of ether oxygens (including phenoxy) is 1. The maximum absolute atomic E-state index is 12.6. The van der Waals surface area contributed by atoms with Crippen molar-refractivity contribution in [1.29, 1.82) is 0 Å². The summed E-state index contributed by atoms with van der Waals surface area (Å²) in [6.07, 6.45) is 11.3. The van der Waals surface area contributed by atoms with Crippen LogP contribution in [0.2, 0.25) is 0 Å². The fourth-order valence-electron chi connectivity index (χ4n) is 4.11. The number of hydrogen-bond donors (Lipinski definition) is 2. The Morgan fingerprint density at radius 3 is 2.41 bits per heavy atom. The maximum atomic E-state index is 12.6. The highest BCUT2D eigenvalue weighted by molar-refractivity contribution is 6.03. The van der Waals surface area contributed by atoms with E-state index in [-0.39, 0.29) is 24.5 Å². The van der Waals surface area contributed by atoms with Crippen LogP contribution in [0.15, 0.2) is 0 Å². The average molecular weight is 456 g/mol. The van der Waals surface area contributed by atoms with Gasteiger partial charge in [-0.2, -0.15) is 0 Å². The number of rotatable bonds is 18. The van der Waals surface area contributed by atoms with Crippen LogP contribution in [0.25, 0.3) is 0 Å². The minimum atomic E-state index is -0.815. The number of carbonyl (C=O) groups excluding carboxylic acids is 3. The standard InChI is InChI=1S/C24H45N3O5/c1-5-6-7-12-15-24(2,31)16-18-27-20(22(29)26(3)23(27)30)14-11-9-8-10-13-17-25-19-21(28)32-4/h20,25,31H,5-19H2,1-4H3. The molecule has 0 bridgehead atoms. The Bertz CT molecular complexity index is 582. The van der Waals surface area contributed by atoms with Crippen LogP contribution >= 0.6 is 0 Å². The van der Waals surface area contributed by atoms with Gasteiger partial charge in [-0.1, -0.05) is 58.3 Å². The molecule has 8 nitrogen and oxygen atoms in total. The Morgan fingerprint density at radius 2 is 1.72 bits per heavy atom. The summed E-state index contributed by atoms with van der Waals surface area (Å²) in [5.74, 6) is -0.391. The number of imide groups is 1. The summed E-state index contributed by atoms with van der Waals surface area (Å²) >= 11 is 0. The van der Waals surface area contributed by atoms with E-state index in [9.17, 15) is 19.5 Å². The first-order chi connectivity index (χ1) is 15.2. The minimum absolute atomic E-state index is 0.135. The first-order valence-electron chi connectivity index (χ1n) is 12.3. The molecule has 1 saturated heterocycles. The zero-order valence-corrected chi connectivity index (χ0v) is 20.7. The molecule has 32 heavy (non-hydrogen) atoms. The second kappa shape index (κ2) is 15.2. The molecule has 1 aliphatic rings. The molecule has 0 radical (unpaired) electrons. The normalized spacial score (nSPS) is 18.3. The van der Waals surface area contributed by atoms with E-state index < -0.39 is 11.6 Å². The van der Waals surface area contributed by atoms with Gasteiger partial charge in [0.1, 0.15) is 6.04 Å². The first kappa shape index (κ1) is 28.4. The third-order valence-electron chi connectivity index (χ3n) is 6.31. The van der Waals surface area contributed by atoms with E-state index in [2.05, 4.69) is 17.0 Å². The Morgan fingerprint density at radius 1 is 1.06 bits per heavy atom. The van der Waals surface area contributed by atoms with Gasteiger partial charge in [-0.25, -0.2) is 4.79 Å². The lowest BCUT2D eigenvalue weighted by molar-refractivity contribution is -0.139. The van der Waals surface area contributed by atoms with Crippen LogP contribution in [-0.2, 0) is 14.3 Å². The Hall–Kier alpha value is -1.67. The summed E-state index contributed by atoms with van der Waals surface area (Å²) in [6, 6.07) is -0.663. The fraction of sp³-hybridized carbons (Fsp3) is 0.875. The monoisotopic (exact) mass is 455 g/mol. The van der Waals surface area contributed by atoms with Crippen LogP contribution in [0.4, 0.5) is 4.79 Å². The van der Waals surface area contributed by atoms with Gasteiger partial charge in [0.25, 0.3) is 5.91 Å². The zero-order valence-electron chi connectivity index (χ0n) is 20.7. The van der Waals surface area contributed by atoms with Gasteiger partial charge < -0.3 is 20.1 Å². The van der Waals surface area contributed by atoms with Crippen molar-refractivity contribution in [2.24, 2.45) is 0 Å². The number of esters is 1. The number of methoxy groups -OCH3 is 1. The van der Waals surface area contributed by atoms with Gasteiger partial charge >= 0.3 is 12.0 Å². The largest absolute Gasteiger partial charge is 0.468 e. The molecule has 1 aliphatic heterocycles. The minimum Gasteiger partial charge on any atom is -0.468 e. The number of urea groups is 1. The van der Waals surface area contributed by atoms with Gasteiger partial charge in [-0.3, -0.25) is 14.5 Å². The molecule has 8 heteroatoms. The molecular formula is C24H45N3O5. The van der Waals surface area contributed by atoms with Crippen molar-refractivity contribution < 1.29 is 24.2 Å². The van der Waals surface area contributed by atoms with Crippen LogP contribution in [0, 0.1) is 0 Å². The quantitative estimate of drug-likeness (QED) is 0.187. The van der Waals surface area contributed by atoms with Gasteiger partial charge in [0.2, 0.25) is 0 Å². The smallest absolute Gasteiger partial charge is 0.327 e. The molecule has 3 amide bonds. The molecule has 1 rings (SSSR count). The lowest BCUT2D eigenvalue weighted by Gasteiger charge is -2.28. The van der Waals surface area contributed by atoms with Crippen molar-refractivity contribution in [3.8, 4) is 0 Å². The molecule has 1 heterocycles. The van der Waals surface area contributed by atoms with Gasteiger partial charge in [-0.05, 0) is 39.2 Å². The summed E-state index contributed by atoms with van der Waals surface area (Å²) in [5, 5.41) is 13.7. The van der Waals surface area contributed by atoms with E-state index in [0.717, 1.165) is 64.3 Å². The molecule has 1 fully saturated rings. The number of unbranched alkanes of at least 4 members (excludes halogenated alkanes) is 7. The number of aliphatic hydroxyl groups is 1. The molecular weight excluding hydrogens is 410 g/mol. The van der Waals surface area contributed by atoms with Crippen LogP contribution in [0.5, 0.6) is 0 Å². The third kappa shape index (κ3) is 10.3. The number of amides is 3. The van der Waals surface area contributed by atoms with Crippen LogP contribution in [-0.4, -0.2) is 78.2 Å². The third-order valence-corrected chi connectivity index (χ3v) is 6.31. The summed E-state index contributed by atoms with van der Waals surface area (Å²) < 4.78 is 4.58. The van der Waals surface area contributed by atoms with Crippen LogP contribution in [0.1, 0.15) is 90.9 Å². The van der Waals surface area contributed by atoms with E-state index in [4.69, 9.17) is 0 Å². The molecule has 2 atom stereocenters.